The smallest absolute Gasteiger partial charge is 0.145 e. The Labute approximate surface area is 138 Å². The summed E-state index contributed by atoms with van der Waals surface area (Å²) in [6, 6.07) is 11.3. The van der Waals surface area contributed by atoms with Crippen LogP contribution < -0.4 is 5.32 Å². The predicted octanol–water partition coefficient (Wildman–Crippen LogP) is 4.16. The Morgan fingerprint density at radius 1 is 1.13 bits per heavy atom. The number of aryl methyl sites for hydroxylation is 1. The molecule has 2 aromatic rings. The van der Waals surface area contributed by atoms with Gasteiger partial charge in [-0.25, -0.2) is 9.97 Å². The van der Waals surface area contributed by atoms with Gasteiger partial charge in [-0.15, -0.1) is 6.42 Å². The maximum Gasteiger partial charge on any atom is 0.145 e. The molecule has 1 fully saturated rings. The van der Waals surface area contributed by atoms with Crippen molar-refractivity contribution in [1.29, 1.82) is 0 Å². The van der Waals surface area contributed by atoms with E-state index in [4.69, 9.17) is 6.42 Å². The number of anilines is 1. The van der Waals surface area contributed by atoms with Crippen molar-refractivity contribution in [3.05, 3.63) is 53.5 Å². The summed E-state index contributed by atoms with van der Waals surface area (Å²) >= 11 is 0. The molecule has 1 heterocycles. The minimum absolute atomic E-state index is 0.446. The third-order valence-electron chi connectivity index (χ3n) is 4.74. The fourth-order valence-electron chi connectivity index (χ4n) is 3.44. The lowest BCUT2D eigenvalue weighted by molar-refractivity contribution is 0.411. The van der Waals surface area contributed by atoms with Crippen LogP contribution in [-0.2, 0) is 6.42 Å². The zero-order chi connectivity index (χ0) is 16.1. The van der Waals surface area contributed by atoms with Gasteiger partial charge >= 0.3 is 0 Å². The van der Waals surface area contributed by atoms with E-state index in [9.17, 15) is 0 Å². The molecule has 1 aromatic heterocycles. The summed E-state index contributed by atoms with van der Waals surface area (Å²) in [5, 5.41) is 3.55. The predicted molar refractivity (Wildman–Crippen MR) is 94.4 cm³/mol. The van der Waals surface area contributed by atoms with Crippen molar-refractivity contribution >= 4 is 5.82 Å². The second-order valence-corrected chi connectivity index (χ2v) is 6.15. The SMILES string of the molecule is C#Cc1c(CC)ncnc1N[C@H]1CC[C@@H](c2ccccc2)CC1. The molecule has 0 spiro atoms. The highest BCUT2D eigenvalue weighted by atomic mass is 15.0. The van der Waals surface area contributed by atoms with Gasteiger partial charge in [-0.2, -0.15) is 0 Å². The Morgan fingerprint density at radius 2 is 1.87 bits per heavy atom. The van der Waals surface area contributed by atoms with Crippen molar-refractivity contribution in [2.24, 2.45) is 0 Å². The van der Waals surface area contributed by atoms with Crippen molar-refractivity contribution in [1.82, 2.24) is 9.97 Å². The molecule has 0 radical (unpaired) electrons. The molecule has 1 N–H and O–H groups in total. The van der Waals surface area contributed by atoms with E-state index in [-0.39, 0.29) is 0 Å². The molecule has 3 rings (SSSR count). The highest BCUT2D eigenvalue weighted by molar-refractivity contribution is 5.55. The number of nitrogens with zero attached hydrogens (tertiary/aromatic N) is 2. The summed E-state index contributed by atoms with van der Waals surface area (Å²) in [6.45, 7) is 2.07. The van der Waals surface area contributed by atoms with Gasteiger partial charge in [0.05, 0.1) is 11.3 Å². The summed E-state index contributed by atoms with van der Waals surface area (Å²) in [5.41, 5.74) is 3.23. The fraction of sp³-hybridized carbons (Fsp3) is 0.400. The van der Waals surface area contributed by atoms with E-state index >= 15 is 0 Å². The average Bonchev–Trinajstić information content (AvgIpc) is 2.63. The van der Waals surface area contributed by atoms with Gasteiger partial charge in [0.2, 0.25) is 0 Å². The lowest BCUT2D eigenvalue weighted by atomic mass is 9.82. The summed E-state index contributed by atoms with van der Waals surface area (Å²) in [5.74, 6) is 4.25. The van der Waals surface area contributed by atoms with Gasteiger partial charge in [0.1, 0.15) is 12.1 Å². The average molecular weight is 305 g/mol. The van der Waals surface area contributed by atoms with Crippen LogP contribution in [0.3, 0.4) is 0 Å². The highest BCUT2D eigenvalue weighted by Gasteiger charge is 2.23. The van der Waals surface area contributed by atoms with Crippen LogP contribution in [0.25, 0.3) is 0 Å². The van der Waals surface area contributed by atoms with Crippen LogP contribution >= 0.6 is 0 Å². The lowest BCUT2D eigenvalue weighted by Gasteiger charge is -2.30. The first kappa shape index (κ1) is 15.6. The topological polar surface area (TPSA) is 37.8 Å². The van der Waals surface area contributed by atoms with Crippen LogP contribution in [0.4, 0.5) is 5.82 Å². The molecular weight excluding hydrogens is 282 g/mol. The van der Waals surface area contributed by atoms with Crippen LogP contribution in [0.1, 0.15) is 55.3 Å². The number of hydrogen-bond donors (Lipinski definition) is 1. The van der Waals surface area contributed by atoms with Gasteiger partial charge in [-0.1, -0.05) is 43.2 Å². The number of aromatic nitrogens is 2. The molecule has 3 heteroatoms. The minimum atomic E-state index is 0.446. The normalized spacial score (nSPS) is 20.7. The summed E-state index contributed by atoms with van der Waals surface area (Å²) < 4.78 is 0. The lowest BCUT2D eigenvalue weighted by Crippen LogP contribution is -2.26. The van der Waals surface area contributed by atoms with Crippen LogP contribution in [0.5, 0.6) is 0 Å². The third kappa shape index (κ3) is 3.53. The maximum atomic E-state index is 5.66. The Kier molecular flexibility index (Phi) is 4.92. The molecule has 3 nitrogen and oxygen atoms in total. The van der Waals surface area contributed by atoms with Crippen molar-refractivity contribution < 1.29 is 0 Å². The van der Waals surface area contributed by atoms with E-state index in [1.54, 1.807) is 6.33 Å². The molecule has 0 saturated heterocycles. The van der Waals surface area contributed by atoms with E-state index in [2.05, 4.69) is 58.5 Å². The molecule has 0 atom stereocenters. The van der Waals surface area contributed by atoms with E-state index in [1.807, 2.05) is 0 Å². The largest absolute Gasteiger partial charge is 0.366 e. The Bertz CT molecular complexity index is 680. The molecule has 1 aliphatic rings. The zero-order valence-electron chi connectivity index (χ0n) is 13.6. The molecule has 1 aromatic carbocycles. The van der Waals surface area contributed by atoms with Gasteiger partial charge in [0, 0.05) is 6.04 Å². The number of hydrogen-bond acceptors (Lipinski definition) is 3. The molecule has 0 unspecified atom stereocenters. The van der Waals surface area contributed by atoms with Gasteiger partial charge in [-0.3, -0.25) is 0 Å². The molecule has 0 aliphatic heterocycles. The molecule has 23 heavy (non-hydrogen) atoms. The summed E-state index contributed by atoms with van der Waals surface area (Å²) in [6.07, 6.45) is 12.8. The van der Waals surface area contributed by atoms with Gasteiger partial charge in [0.25, 0.3) is 0 Å². The first-order valence-electron chi connectivity index (χ1n) is 8.43. The zero-order valence-corrected chi connectivity index (χ0v) is 13.6. The van der Waals surface area contributed by atoms with Crippen molar-refractivity contribution in [3.8, 4) is 12.3 Å². The molecule has 118 valence electrons. The van der Waals surface area contributed by atoms with E-state index in [1.165, 1.54) is 18.4 Å². The Morgan fingerprint density at radius 3 is 2.52 bits per heavy atom. The second-order valence-electron chi connectivity index (χ2n) is 6.15. The third-order valence-corrected chi connectivity index (χ3v) is 4.74. The molecule has 0 bridgehead atoms. The maximum absolute atomic E-state index is 5.66. The van der Waals surface area contributed by atoms with Gasteiger partial charge in [0.15, 0.2) is 0 Å². The molecule has 1 aliphatic carbocycles. The van der Waals surface area contributed by atoms with Crippen molar-refractivity contribution in [2.45, 2.75) is 51.0 Å². The Balaban J connectivity index is 1.65. The number of benzene rings is 1. The van der Waals surface area contributed by atoms with E-state index in [0.717, 1.165) is 36.3 Å². The van der Waals surface area contributed by atoms with Crippen LogP contribution in [0.15, 0.2) is 36.7 Å². The monoisotopic (exact) mass is 305 g/mol. The van der Waals surface area contributed by atoms with Crippen LogP contribution in [0.2, 0.25) is 0 Å². The first-order valence-corrected chi connectivity index (χ1v) is 8.43. The van der Waals surface area contributed by atoms with Crippen LogP contribution in [0, 0.1) is 12.3 Å². The number of nitrogens with one attached hydrogen (secondary N) is 1. The standard InChI is InChI=1S/C20H23N3/c1-3-18-19(4-2)21-14-22-20(18)23-17-12-10-16(11-13-17)15-8-6-5-7-9-15/h1,5-9,14,16-17H,4,10-13H2,2H3,(H,21,22,23)/t16-,17+. The summed E-state index contributed by atoms with van der Waals surface area (Å²) in [4.78, 5) is 8.64. The summed E-state index contributed by atoms with van der Waals surface area (Å²) in [7, 11) is 0. The first-order chi connectivity index (χ1) is 11.3. The van der Waals surface area contributed by atoms with Crippen molar-refractivity contribution in [3.63, 3.8) is 0 Å². The molecule has 0 amide bonds. The quantitative estimate of drug-likeness (QED) is 0.862. The fourth-order valence-corrected chi connectivity index (χ4v) is 3.44. The van der Waals surface area contributed by atoms with Gasteiger partial charge < -0.3 is 5.32 Å². The molecule has 1 saturated carbocycles. The van der Waals surface area contributed by atoms with E-state index < -0.39 is 0 Å². The second kappa shape index (κ2) is 7.28. The highest BCUT2D eigenvalue weighted by Crippen LogP contribution is 2.34. The van der Waals surface area contributed by atoms with Gasteiger partial charge in [-0.05, 0) is 43.6 Å². The Hall–Kier alpha value is -2.34. The number of terminal acetylenes is 1. The van der Waals surface area contributed by atoms with Crippen molar-refractivity contribution in [2.75, 3.05) is 5.32 Å². The number of rotatable bonds is 4. The minimum Gasteiger partial charge on any atom is -0.366 e. The van der Waals surface area contributed by atoms with Crippen LogP contribution in [-0.4, -0.2) is 16.0 Å². The molecular formula is C20H23N3. The van der Waals surface area contributed by atoms with E-state index in [0.29, 0.717) is 12.0 Å².